The van der Waals surface area contributed by atoms with Crippen LogP contribution in [0.4, 0.5) is 4.79 Å². The number of benzene rings is 1. The van der Waals surface area contributed by atoms with E-state index in [0.717, 1.165) is 5.56 Å². The Morgan fingerprint density at radius 1 is 1.00 bits per heavy atom. The molecule has 0 saturated heterocycles. The normalized spacial score (nSPS) is 13.4. The highest BCUT2D eigenvalue weighted by Crippen LogP contribution is 2.11. The molecule has 27 heavy (non-hydrogen) atoms. The fourth-order valence-electron chi connectivity index (χ4n) is 2.07. The zero-order valence-electron chi connectivity index (χ0n) is 16.8. The van der Waals surface area contributed by atoms with Crippen LogP contribution in [0.2, 0.25) is 0 Å². The number of carbonyl (C=O) groups excluding carboxylic acids is 3. The SMILES string of the molecule is CC(C)[C@@H](NC(=O)OC(C)(C)C)C(=O)O[C@@H](C)C(=O)OCc1ccccc1. The van der Waals surface area contributed by atoms with Crippen molar-refractivity contribution < 1.29 is 28.6 Å². The van der Waals surface area contributed by atoms with Crippen LogP contribution in [0.3, 0.4) is 0 Å². The van der Waals surface area contributed by atoms with E-state index in [-0.39, 0.29) is 12.5 Å². The molecule has 0 aliphatic heterocycles. The van der Waals surface area contributed by atoms with Crippen LogP contribution in [-0.2, 0) is 30.4 Å². The topological polar surface area (TPSA) is 90.9 Å². The standard InChI is InChI=1S/C20H29NO6/c1-13(2)16(21-19(24)27-20(4,5)6)18(23)26-14(3)17(22)25-12-15-10-8-7-9-11-15/h7-11,13-14,16H,12H2,1-6H3,(H,21,24)/t14-,16+/m0/s1. The Bertz CT molecular complexity index is 636. The van der Waals surface area contributed by atoms with E-state index in [4.69, 9.17) is 14.2 Å². The Balaban J connectivity index is 2.58. The second-order valence-corrected chi connectivity index (χ2v) is 7.54. The van der Waals surface area contributed by atoms with Crippen LogP contribution >= 0.6 is 0 Å². The van der Waals surface area contributed by atoms with Gasteiger partial charge in [-0.25, -0.2) is 14.4 Å². The van der Waals surface area contributed by atoms with Crippen LogP contribution < -0.4 is 5.32 Å². The smallest absolute Gasteiger partial charge is 0.408 e. The minimum absolute atomic E-state index is 0.0886. The molecule has 0 fully saturated rings. The summed E-state index contributed by atoms with van der Waals surface area (Å²) in [5, 5.41) is 2.49. The van der Waals surface area contributed by atoms with Crippen molar-refractivity contribution in [3.8, 4) is 0 Å². The maximum atomic E-state index is 12.4. The van der Waals surface area contributed by atoms with Crippen LogP contribution in [0.1, 0.15) is 47.1 Å². The molecule has 1 aromatic rings. The summed E-state index contributed by atoms with van der Waals surface area (Å²) >= 11 is 0. The Kier molecular flexibility index (Phi) is 8.28. The largest absolute Gasteiger partial charge is 0.458 e. The average Bonchev–Trinajstić information content (AvgIpc) is 2.56. The highest BCUT2D eigenvalue weighted by molar-refractivity contribution is 5.84. The van der Waals surface area contributed by atoms with Gasteiger partial charge in [-0.05, 0) is 39.2 Å². The zero-order valence-corrected chi connectivity index (χ0v) is 16.8. The minimum Gasteiger partial charge on any atom is -0.458 e. The Hall–Kier alpha value is -2.57. The van der Waals surface area contributed by atoms with E-state index >= 15 is 0 Å². The molecule has 0 radical (unpaired) electrons. The second kappa shape index (κ2) is 9.94. The lowest BCUT2D eigenvalue weighted by Crippen LogP contribution is -2.48. The van der Waals surface area contributed by atoms with Gasteiger partial charge in [-0.2, -0.15) is 0 Å². The number of amides is 1. The first-order valence-electron chi connectivity index (χ1n) is 8.90. The van der Waals surface area contributed by atoms with Gasteiger partial charge in [-0.3, -0.25) is 0 Å². The van der Waals surface area contributed by atoms with E-state index in [1.54, 1.807) is 34.6 Å². The van der Waals surface area contributed by atoms with Crippen molar-refractivity contribution in [2.24, 2.45) is 5.92 Å². The molecule has 0 aliphatic rings. The van der Waals surface area contributed by atoms with E-state index in [9.17, 15) is 14.4 Å². The lowest BCUT2D eigenvalue weighted by Gasteiger charge is -2.25. The van der Waals surface area contributed by atoms with Gasteiger partial charge in [0.25, 0.3) is 0 Å². The van der Waals surface area contributed by atoms with E-state index < -0.39 is 35.8 Å². The van der Waals surface area contributed by atoms with E-state index in [1.807, 2.05) is 30.3 Å². The zero-order chi connectivity index (χ0) is 20.6. The first-order chi connectivity index (χ1) is 12.5. The minimum atomic E-state index is -1.09. The van der Waals surface area contributed by atoms with Gasteiger partial charge in [0.1, 0.15) is 18.2 Å². The van der Waals surface area contributed by atoms with Gasteiger partial charge in [0, 0.05) is 0 Å². The number of alkyl carbamates (subject to hydrolysis) is 1. The van der Waals surface area contributed by atoms with E-state index in [0.29, 0.717) is 0 Å². The molecule has 7 nitrogen and oxygen atoms in total. The Labute approximate surface area is 160 Å². The van der Waals surface area contributed by atoms with Gasteiger partial charge in [0.2, 0.25) is 0 Å². The molecule has 0 aliphatic carbocycles. The molecule has 150 valence electrons. The van der Waals surface area contributed by atoms with Crippen molar-refractivity contribution >= 4 is 18.0 Å². The van der Waals surface area contributed by atoms with Crippen LogP contribution in [-0.4, -0.2) is 35.8 Å². The van der Waals surface area contributed by atoms with E-state index in [2.05, 4.69) is 5.32 Å². The van der Waals surface area contributed by atoms with Gasteiger partial charge in [-0.15, -0.1) is 0 Å². The molecule has 0 saturated carbocycles. The summed E-state index contributed by atoms with van der Waals surface area (Å²) in [5.41, 5.74) is 0.139. The van der Waals surface area contributed by atoms with Crippen molar-refractivity contribution in [1.82, 2.24) is 5.32 Å². The number of carbonyl (C=O) groups is 3. The number of nitrogens with one attached hydrogen (secondary N) is 1. The van der Waals surface area contributed by atoms with Crippen molar-refractivity contribution in [1.29, 1.82) is 0 Å². The van der Waals surface area contributed by atoms with Crippen LogP contribution in [0, 0.1) is 5.92 Å². The number of esters is 2. The summed E-state index contributed by atoms with van der Waals surface area (Å²) < 4.78 is 15.5. The molecule has 0 bridgehead atoms. The number of rotatable bonds is 7. The Morgan fingerprint density at radius 3 is 2.11 bits per heavy atom. The second-order valence-electron chi connectivity index (χ2n) is 7.54. The number of ether oxygens (including phenoxy) is 3. The van der Waals surface area contributed by atoms with Gasteiger partial charge in [0.05, 0.1) is 0 Å². The summed E-state index contributed by atoms with van der Waals surface area (Å²) in [7, 11) is 0. The van der Waals surface area contributed by atoms with Crippen molar-refractivity contribution in [3.63, 3.8) is 0 Å². The molecule has 1 amide bonds. The summed E-state index contributed by atoms with van der Waals surface area (Å²) in [4.78, 5) is 36.3. The third-order valence-electron chi connectivity index (χ3n) is 3.44. The van der Waals surface area contributed by atoms with Gasteiger partial charge >= 0.3 is 18.0 Å². The predicted octanol–water partition coefficient (Wildman–Crippen LogP) is 3.21. The molecular formula is C20H29NO6. The van der Waals surface area contributed by atoms with Gasteiger partial charge in [0.15, 0.2) is 6.10 Å². The molecule has 7 heteroatoms. The predicted molar refractivity (Wildman–Crippen MR) is 99.8 cm³/mol. The third kappa shape index (κ3) is 8.57. The fraction of sp³-hybridized carbons (Fsp3) is 0.550. The maximum Gasteiger partial charge on any atom is 0.408 e. The van der Waals surface area contributed by atoms with Gasteiger partial charge in [-0.1, -0.05) is 44.2 Å². The summed E-state index contributed by atoms with van der Waals surface area (Å²) in [6.07, 6.45) is -1.82. The van der Waals surface area contributed by atoms with E-state index in [1.165, 1.54) is 6.92 Å². The van der Waals surface area contributed by atoms with Gasteiger partial charge < -0.3 is 19.5 Å². The highest BCUT2D eigenvalue weighted by atomic mass is 16.6. The molecule has 0 spiro atoms. The van der Waals surface area contributed by atoms with Crippen molar-refractivity contribution in [2.75, 3.05) is 0 Å². The molecular weight excluding hydrogens is 350 g/mol. The maximum absolute atomic E-state index is 12.4. The third-order valence-corrected chi connectivity index (χ3v) is 3.44. The lowest BCUT2D eigenvalue weighted by molar-refractivity contribution is -0.169. The average molecular weight is 379 g/mol. The Morgan fingerprint density at radius 2 is 1.59 bits per heavy atom. The molecule has 1 aromatic carbocycles. The first-order valence-corrected chi connectivity index (χ1v) is 8.90. The quantitative estimate of drug-likeness (QED) is 0.578. The molecule has 0 heterocycles. The summed E-state index contributed by atoms with van der Waals surface area (Å²) in [6.45, 7) is 10.2. The fourth-order valence-corrected chi connectivity index (χ4v) is 2.07. The molecule has 1 N–H and O–H groups in total. The van der Waals surface area contributed by atoms with Crippen LogP contribution in [0.15, 0.2) is 30.3 Å². The van der Waals surface area contributed by atoms with Crippen LogP contribution in [0.5, 0.6) is 0 Å². The first kappa shape index (κ1) is 22.5. The molecule has 0 unspecified atom stereocenters. The number of hydrogen-bond acceptors (Lipinski definition) is 6. The summed E-state index contributed by atoms with van der Waals surface area (Å²) in [6, 6.07) is 8.24. The number of hydrogen-bond donors (Lipinski definition) is 1. The van der Waals surface area contributed by atoms with Crippen LogP contribution in [0.25, 0.3) is 0 Å². The van der Waals surface area contributed by atoms with Crippen molar-refractivity contribution in [3.05, 3.63) is 35.9 Å². The lowest BCUT2D eigenvalue weighted by atomic mass is 10.1. The molecule has 0 aromatic heterocycles. The summed E-state index contributed by atoms with van der Waals surface area (Å²) in [5.74, 6) is -1.63. The molecule has 2 atom stereocenters. The van der Waals surface area contributed by atoms with Crippen molar-refractivity contribution in [2.45, 2.75) is 65.9 Å². The molecule has 1 rings (SSSR count). The monoisotopic (exact) mass is 379 g/mol. The highest BCUT2D eigenvalue weighted by Gasteiger charge is 2.31.